The summed E-state index contributed by atoms with van der Waals surface area (Å²) in [5.74, 6) is 0.696. The largest absolute Gasteiger partial charge is 0.352 e. The average Bonchev–Trinajstić information content (AvgIpc) is 3.08. The zero-order chi connectivity index (χ0) is 21.0. The first-order valence-electron chi connectivity index (χ1n) is 9.72. The molecule has 0 fully saturated rings. The second-order valence-corrected chi connectivity index (χ2v) is 7.23. The lowest BCUT2D eigenvalue weighted by molar-refractivity contribution is -0.121. The first-order valence-corrected chi connectivity index (χ1v) is 9.72. The van der Waals surface area contributed by atoms with E-state index in [-0.39, 0.29) is 24.2 Å². The maximum Gasteiger partial charge on any atom is 0.252 e. The molecule has 0 aliphatic carbocycles. The molecule has 1 unspecified atom stereocenters. The predicted octanol–water partition coefficient (Wildman–Crippen LogP) is 2.58. The Bertz CT molecular complexity index is 1040. The topological polar surface area (TPSA) is 101 Å². The minimum absolute atomic E-state index is 0.00857. The quantitative estimate of drug-likeness (QED) is 0.641. The smallest absolute Gasteiger partial charge is 0.252 e. The number of aromatic nitrogens is 4. The molecule has 152 valence electrons. The van der Waals surface area contributed by atoms with Crippen LogP contribution in [0.5, 0.6) is 0 Å². The van der Waals surface area contributed by atoms with Crippen molar-refractivity contribution in [3.05, 3.63) is 53.1 Å². The Morgan fingerprint density at radius 2 is 1.97 bits per heavy atom. The molecule has 0 radical (unpaired) electrons. The summed E-state index contributed by atoms with van der Waals surface area (Å²) in [6.07, 6.45) is 0.861. The van der Waals surface area contributed by atoms with E-state index in [1.165, 1.54) is 0 Å². The molecule has 3 aromatic rings. The molecule has 1 aromatic carbocycles. The van der Waals surface area contributed by atoms with Crippen LogP contribution in [-0.4, -0.2) is 31.4 Å². The normalized spacial score (nSPS) is 12.0. The van der Waals surface area contributed by atoms with Crippen LogP contribution >= 0.6 is 0 Å². The second kappa shape index (κ2) is 8.81. The minimum Gasteiger partial charge on any atom is -0.352 e. The van der Waals surface area contributed by atoms with Crippen molar-refractivity contribution in [1.29, 1.82) is 0 Å². The molecule has 1 atom stereocenters. The Labute approximate surface area is 169 Å². The molecule has 2 amide bonds. The lowest BCUT2D eigenvalue weighted by Gasteiger charge is -2.11. The van der Waals surface area contributed by atoms with Crippen LogP contribution in [0.1, 0.15) is 43.0 Å². The standard InChI is InChI=1S/C21H26N6O2/c1-5-13(2)20(29)24-17-8-6-7-16(10-17)12-22-19(28)11-18-25-21-23-14(3)9-15(4)27(21)26-18/h6-10,13H,5,11-12H2,1-4H3,(H,22,28)(H,24,29). The molecule has 0 aliphatic heterocycles. The van der Waals surface area contributed by atoms with E-state index in [9.17, 15) is 9.59 Å². The molecule has 2 heterocycles. The molecule has 3 rings (SSSR count). The van der Waals surface area contributed by atoms with Crippen molar-refractivity contribution >= 4 is 23.3 Å². The van der Waals surface area contributed by atoms with Gasteiger partial charge in [-0.3, -0.25) is 9.59 Å². The summed E-state index contributed by atoms with van der Waals surface area (Å²) in [4.78, 5) is 33.0. The summed E-state index contributed by atoms with van der Waals surface area (Å²) >= 11 is 0. The molecular formula is C21H26N6O2. The summed E-state index contributed by atoms with van der Waals surface area (Å²) in [6.45, 7) is 8.05. The zero-order valence-electron chi connectivity index (χ0n) is 17.2. The molecule has 2 N–H and O–H groups in total. The van der Waals surface area contributed by atoms with Gasteiger partial charge in [0, 0.05) is 29.5 Å². The first kappa shape index (κ1) is 20.4. The highest BCUT2D eigenvalue weighted by atomic mass is 16.2. The Morgan fingerprint density at radius 1 is 1.17 bits per heavy atom. The van der Waals surface area contributed by atoms with Crippen molar-refractivity contribution in [2.75, 3.05) is 5.32 Å². The number of carbonyl (C=O) groups is 2. The summed E-state index contributed by atoms with van der Waals surface area (Å²) in [6, 6.07) is 9.37. The van der Waals surface area contributed by atoms with Crippen LogP contribution in [0.2, 0.25) is 0 Å². The average molecular weight is 394 g/mol. The lowest BCUT2D eigenvalue weighted by Crippen LogP contribution is -2.25. The Morgan fingerprint density at radius 3 is 2.72 bits per heavy atom. The Balaban J connectivity index is 1.59. The number of fused-ring (bicyclic) bond motifs is 1. The Hall–Kier alpha value is -3.29. The number of nitrogens with one attached hydrogen (secondary N) is 2. The second-order valence-electron chi connectivity index (χ2n) is 7.23. The van der Waals surface area contributed by atoms with Gasteiger partial charge in [-0.1, -0.05) is 26.0 Å². The van der Waals surface area contributed by atoms with Crippen LogP contribution in [0.15, 0.2) is 30.3 Å². The number of rotatable bonds is 7. The van der Waals surface area contributed by atoms with E-state index in [0.29, 0.717) is 18.1 Å². The SMILES string of the molecule is CCC(C)C(=O)Nc1cccc(CNC(=O)Cc2nc3nc(C)cc(C)n3n2)c1. The third kappa shape index (κ3) is 5.16. The monoisotopic (exact) mass is 394 g/mol. The van der Waals surface area contributed by atoms with Gasteiger partial charge in [-0.15, -0.1) is 5.10 Å². The van der Waals surface area contributed by atoms with E-state index < -0.39 is 0 Å². The van der Waals surface area contributed by atoms with Gasteiger partial charge in [0.25, 0.3) is 5.78 Å². The highest BCUT2D eigenvalue weighted by Gasteiger charge is 2.13. The molecule has 0 saturated carbocycles. The molecule has 0 spiro atoms. The molecule has 0 bridgehead atoms. The van der Waals surface area contributed by atoms with Crippen LogP contribution in [0.3, 0.4) is 0 Å². The summed E-state index contributed by atoms with van der Waals surface area (Å²) in [7, 11) is 0. The number of hydrogen-bond donors (Lipinski definition) is 2. The van der Waals surface area contributed by atoms with E-state index in [1.807, 2.05) is 58.0 Å². The maximum atomic E-state index is 12.3. The third-order valence-electron chi connectivity index (χ3n) is 4.72. The number of nitrogens with zero attached hydrogens (tertiary/aromatic N) is 4. The van der Waals surface area contributed by atoms with Crippen molar-refractivity contribution in [2.24, 2.45) is 5.92 Å². The molecule has 0 aliphatic rings. The van der Waals surface area contributed by atoms with E-state index in [0.717, 1.165) is 29.1 Å². The van der Waals surface area contributed by atoms with Gasteiger partial charge in [0.2, 0.25) is 11.8 Å². The zero-order valence-corrected chi connectivity index (χ0v) is 17.2. The highest BCUT2D eigenvalue weighted by Crippen LogP contribution is 2.13. The van der Waals surface area contributed by atoms with Crippen molar-refractivity contribution in [3.8, 4) is 0 Å². The Kier molecular flexibility index (Phi) is 6.21. The van der Waals surface area contributed by atoms with Crippen LogP contribution in [-0.2, 0) is 22.6 Å². The molecule has 8 nitrogen and oxygen atoms in total. The number of anilines is 1. The van der Waals surface area contributed by atoms with Crippen molar-refractivity contribution < 1.29 is 9.59 Å². The first-order chi connectivity index (χ1) is 13.9. The fourth-order valence-corrected chi connectivity index (χ4v) is 2.90. The molecule has 29 heavy (non-hydrogen) atoms. The van der Waals surface area contributed by atoms with Crippen molar-refractivity contribution in [1.82, 2.24) is 24.9 Å². The number of benzene rings is 1. The molecule has 0 saturated heterocycles. The summed E-state index contributed by atoms with van der Waals surface area (Å²) in [5.41, 5.74) is 3.40. The number of hydrogen-bond acceptors (Lipinski definition) is 5. The van der Waals surface area contributed by atoms with Crippen LogP contribution in [0, 0.1) is 19.8 Å². The van der Waals surface area contributed by atoms with Crippen LogP contribution < -0.4 is 10.6 Å². The van der Waals surface area contributed by atoms with Gasteiger partial charge in [0.05, 0.1) is 6.42 Å². The number of aryl methyl sites for hydroxylation is 2. The fraction of sp³-hybridized carbons (Fsp3) is 0.381. The van der Waals surface area contributed by atoms with Crippen molar-refractivity contribution in [3.63, 3.8) is 0 Å². The highest BCUT2D eigenvalue weighted by molar-refractivity contribution is 5.92. The molecule has 2 aromatic heterocycles. The van der Waals surface area contributed by atoms with Crippen molar-refractivity contribution in [2.45, 2.75) is 47.1 Å². The van der Waals surface area contributed by atoms with Gasteiger partial charge >= 0.3 is 0 Å². The van der Waals surface area contributed by atoms with E-state index in [1.54, 1.807) is 4.52 Å². The van der Waals surface area contributed by atoms with E-state index in [4.69, 9.17) is 0 Å². The van der Waals surface area contributed by atoms with Gasteiger partial charge < -0.3 is 10.6 Å². The third-order valence-corrected chi connectivity index (χ3v) is 4.72. The van der Waals surface area contributed by atoms with Gasteiger partial charge in [0.1, 0.15) is 0 Å². The van der Waals surface area contributed by atoms with E-state index in [2.05, 4.69) is 25.7 Å². The number of amides is 2. The molecule has 8 heteroatoms. The van der Waals surface area contributed by atoms with Crippen LogP contribution in [0.25, 0.3) is 5.78 Å². The number of carbonyl (C=O) groups excluding carboxylic acids is 2. The van der Waals surface area contributed by atoms with Gasteiger partial charge in [-0.25, -0.2) is 9.50 Å². The van der Waals surface area contributed by atoms with Crippen LogP contribution in [0.4, 0.5) is 5.69 Å². The fourth-order valence-electron chi connectivity index (χ4n) is 2.90. The minimum atomic E-state index is -0.177. The molecular weight excluding hydrogens is 368 g/mol. The maximum absolute atomic E-state index is 12.3. The lowest BCUT2D eigenvalue weighted by atomic mass is 10.1. The predicted molar refractivity (Wildman–Crippen MR) is 110 cm³/mol. The van der Waals surface area contributed by atoms with Gasteiger partial charge in [-0.2, -0.15) is 4.98 Å². The van der Waals surface area contributed by atoms with Gasteiger partial charge in [-0.05, 0) is 44.0 Å². The summed E-state index contributed by atoms with van der Waals surface area (Å²) in [5, 5.41) is 10.1. The van der Waals surface area contributed by atoms with Gasteiger partial charge in [0.15, 0.2) is 5.82 Å². The van der Waals surface area contributed by atoms with E-state index >= 15 is 0 Å². The summed E-state index contributed by atoms with van der Waals surface area (Å²) < 4.78 is 1.64.